The number of amides is 2. The molecular formula is C22H26F2N4O3. The van der Waals surface area contributed by atoms with Gasteiger partial charge in [-0.05, 0) is 29.8 Å². The molecule has 2 aromatic rings. The van der Waals surface area contributed by atoms with Crippen LogP contribution >= 0.6 is 0 Å². The lowest BCUT2D eigenvalue weighted by Gasteiger charge is -2.35. The van der Waals surface area contributed by atoms with Gasteiger partial charge in [0.1, 0.15) is 11.6 Å². The van der Waals surface area contributed by atoms with Gasteiger partial charge in [0, 0.05) is 45.5 Å². The molecule has 166 valence electrons. The van der Waals surface area contributed by atoms with Crippen molar-refractivity contribution in [3.8, 4) is 0 Å². The van der Waals surface area contributed by atoms with Crippen LogP contribution in [0.4, 0.5) is 20.2 Å². The number of carbonyl (C=O) groups excluding carboxylic acids is 2. The first-order chi connectivity index (χ1) is 14.8. The number of halogens is 2. The number of benzene rings is 2. The van der Waals surface area contributed by atoms with Crippen LogP contribution in [-0.2, 0) is 14.3 Å². The second-order valence-electron chi connectivity index (χ2n) is 7.44. The highest BCUT2D eigenvalue weighted by Crippen LogP contribution is 2.24. The second kappa shape index (κ2) is 10.3. The molecule has 2 aromatic carbocycles. The van der Waals surface area contributed by atoms with Crippen molar-refractivity contribution in [2.45, 2.75) is 6.04 Å². The summed E-state index contributed by atoms with van der Waals surface area (Å²) in [7, 11) is 3.91. The summed E-state index contributed by atoms with van der Waals surface area (Å²) in [6.45, 7) is 2.73. The zero-order valence-corrected chi connectivity index (χ0v) is 17.5. The summed E-state index contributed by atoms with van der Waals surface area (Å²) in [5.74, 6) is -3.53. The molecule has 31 heavy (non-hydrogen) atoms. The Morgan fingerprint density at radius 3 is 2.39 bits per heavy atom. The fraction of sp³-hybridized carbons (Fsp3) is 0.364. The van der Waals surface area contributed by atoms with Crippen LogP contribution in [0.5, 0.6) is 0 Å². The first-order valence-electron chi connectivity index (χ1n) is 9.98. The van der Waals surface area contributed by atoms with E-state index in [1.807, 2.05) is 43.3 Å². The van der Waals surface area contributed by atoms with E-state index in [4.69, 9.17) is 4.74 Å². The Bertz CT molecular complexity index is 915. The minimum atomic E-state index is -1.06. The number of nitrogens with zero attached hydrogens (tertiary/aromatic N) is 2. The number of morpholine rings is 1. The number of rotatable bonds is 6. The number of carbonyl (C=O) groups is 2. The average Bonchev–Trinajstić information content (AvgIpc) is 2.77. The third-order valence-corrected chi connectivity index (χ3v) is 5.12. The molecule has 0 saturated carbocycles. The topological polar surface area (TPSA) is 73.9 Å². The summed E-state index contributed by atoms with van der Waals surface area (Å²) in [4.78, 5) is 28.7. The van der Waals surface area contributed by atoms with E-state index >= 15 is 0 Å². The molecule has 0 bridgehead atoms. The van der Waals surface area contributed by atoms with E-state index in [2.05, 4.69) is 15.5 Å². The van der Waals surface area contributed by atoms with Crippen molar-refractivity contribution in [1.29, 1.82) is 0 Å². The van der Waals surface area contributed by atoms with Crippen molar-refractivity contribution in [2.24, 2.45) is 0 Å². The van der Waals surface area contributed by atoms with E-state index in [0.717, 1.165) is 29.4 Å². The molecule has 1 fully saturated rings. The van der Waals surface area contributed by atoms with E-state index < -0.39 is 23.4 Å². The molecule has 1 aliphatic rings. The molecule has 1 aliphatic heterocycles. The molecule has 0 radical (unpaired) electrons. The lowest BCUT2D eigenvalue weighted by molar-refractivity contribution is -0.136. The molecule has 0 aliphatic carbocycles. The van der Waals surface area contributed by atoms with Crippen molar-refractivity contribution in [3.05, 3.63) is 59.7 Å². The predicted octanol–water partition coefficient (Wildman–Crippen LogP) is 2.16. The number of anilines is 2. The standard InChI is InChI=1S/C22H26F2N4O3/c1-27(2)17-6-3-15(4-7-17)20(28-9-11-31-12-10-28)14-25-21(29)22(30)26-19-13-16(23)5-8-18(19)24/h3-8,13,20H,9-12,14H2,1-2H3,(H,25,29)(H,26,30)/t20-/m1/s1. The predicted molar refractivity (Wildman–Crippen MR) is 114 cm³/mol. The van der Waals surface area contributed by atoms with Crippen molar-refractivity contribution >= 4 is 23.2 Å². The SMILES string of the molecule is CN(C)c1ccc([C@@H](CNC(=O)C(=O)Nc2cc(F)ccc2F)N2CCOCC2)cc1. The maximum atomic E-state index is 13.7. The van der Waals surface area contributed by atoms with Gasteiger partial charge in [-0.25, -0.2) is 8.78 Å². The van der Waals surface area contributed by atoms with Gasteiger partial charge in [-0.2, -0.15) is 0 Å². The van der Waals surface area contributed by atoms with Crippen LogP contribution < -0.4 is 15.5 Å². The third-order valence-electron chi connectivity index (χ3n) is 5.12. The molecule has 1 atom stereocenters. The van der Waals surface area contributed by atoms with Crippen LogP contribution in [0.25, 0.3) is 0 Å². The number of ether oxygens (including phenoxy) is 1. The smallest absolute Gasteiger partial charge is 0.313 e. The summed E-state index contributed by atoms with van der Waals surface area (Å²) in [5.41, 5.74) is 1.65. The van der Waals surface area contributed by atoms with Gasteiger partial charge in [0.2, 0.25) is 0 Å². The molecule has 1 heterocycles. The van der Waals surface area contributed by atoms with E-state index in [-0.39, 0.29) is 18.3 Å². The van der Waals surface area contributed by atoms with Gasteiger partial charge in [0.25, 0.3) is 0 Å². The van der Waals surface area contributed by atoms with Crippen molar-refractivity contribution in [1.82, 2.24) is 10.2 Å². The molecule has 1 saturated heterocycles. The summed E-state index contributed by atoms with van der Waals surface area (Å²) in [6.07, 6.45) is 0. The van der Waals surface area contributed by atoms with Crippen LogP contribution in [0.1, 0.15) is 11.6 Å². The Morgan fingerprint density at radius 1 is 1.06 bits per heavy atom. The molecule has 2 N–H and O–H groups in total. The monoisotopic (exact) mass is 432 g/mol. The van der Waals surface area contributed by atoms with Gasteiger partial charge in [-0.1, -0.05) is 12.1 Å². The Morgan fingerprint density at radius 2 is 1.74 bits per heavy atom. The van der Waals surface area contributed by atoms with Gasteiger partial charge in [0.05, 0.1) is 24.9 Å². The van der Waals surface area contributed by atoms with Crippen molar-refractivity contribution in [3.63, 3.8) is 0 Å². The summed E-state index contributed by atoms with van der Waals surface area (Å²) in [5, 5.41) is 4.72. The van der Waals surface area contributed by atoms with Crippen LogP contribution in [0, 0.1) is 11.6 Å². The normalized spacial score (nSPS) is 15.2. The fourth-order valence-corrected chi connectivity index (χ4v) is 3.38. The summed E-state index contributed by atoms with van der Waals surface area (Å²) in [6, 6.07) is 10.4. The highest BCUT2D eigenvalue weighted by Gasteiger charge is 2.25. The minimum absolute atomic E-state index is 0.164. The van der Waals surface area contributed by atoms with Crippen LogP contribution in [-0.4, -0.2) is 63.7 Å². The van der Waals surface area contributed by atoms with E-state index in [0.29, 0.717) is 26.3 Å². The van der Waals surface area contributed by atoms with Gasteiger partial charge < -0.3 is 20.3 Å². The van der Waals surface area contributed by atoms with Crippen molar-refractivity contribution in [2.75, 3.05) is 57.2 Å². The first-order valence-corrected chi connectivity index (χ1v) is 9.98. The fourth-order valence-electron chi connectivity index (χ4n) is 3.38. The highest BCUT2D eigenvalue weighted by atomic mass is 19.1. The first kappa shape index (κ1) is 22.6. The Kier molecular flexibility index (Phi) is 7.54. The number of hydrogen-bond donors (Lipinski definition) is 2. The molecule has 7 nitrogen and oxygen atoms in total. The highest BCUT2D eigenvalue weighted by molar-refractivity contribution is 6.39. The van der Waals surface area contributed by atoms with Crippen LogP contribution in [0.3, 0.4) is 0 Å². The van der Waals surface area contributed by atoms with Gasteiger partial charge in [-0.3, -0.25) is 14.5 Å². The minimum Gasteiger partial charge on any atom is -0.379 e. The molecular weight excluding hydrogens is 406 g/mol. The molecule has 0 unspecified atom stereocenters. The van der Waals surface area contributed by atoms with E-state index in [1.54, 1.807) is 0 Å². The molecule has 0 aromatic heterocycles. The van der Waals surface area contributed by atoms with Gasteiger partial charge in [-0.15, -0.1) is 0 Å². The zero-order valence-electron chi connectivity index (χ0n) is 17.5. The van der Waals surface area contributed by atoms with Gasteiger partial charge >= 0.3 is 11.8 Å². The Hall–Kier alpha value is -3.04. The van der Waals surface area contributed by atoms with E-state index in [1.165, 1.54) is 0 Å². The van der Waals surface area contributed by atoms with Crippen LogP contribution in [0.2, 0.25) is 0 Å². The molecule has 2 amide bonds. The van der Waals surface area contributed by atoms with E-state index in [9.17, 15) is 18.4 Å². The van der Waals surface area contributed by atoms with Gasteiger partial charge in [0.15, 0.2) is 0 Å². The van der Waals surface area contributed by atoms with Crippen LogP contribution in [0.15, 0.2) is 42.5 Å². The third kappa shape index (κ3) is 5.99. The largest absolute Gasteiger partial charge is 0.379 e. The Labute approximate surface area is 180 Å². The number of nitrogens with one attached hydrogen (secondary N) is 2. The lowest BCUT2D eigenvalue weighted by Crippen LogP contribution is -2.45. The molecule has 0 spiro atoms. The summed E-state index contributed by atoms with van der Waals surface area (Å²) >= 11 is 0. The zero-order chi connectivity index (χ0) is 22.4. The maximum absolute atomic E-state index is 13.7. The summed E-state index contributed by atoms with van der Waals surface area (Å²) < 4.78 is 32.4. The Balaban J connectivity index is 1.68. The average molecular weight is 432 g/mol. The lowest BCUT2D eigenvalue weighted by atomic mass is 10.0. The second-order valence-corrected chi connectivity index (χ2v) is 7.44. The number of hydrogen-bond acceptors (Lipinski definition) is 5. The quantitative estimate of drug-likeness (QED) is 0.685. The maximum Gasteiger partial charge on any atom is 0.313 e. The van der Waals surface area contributed by atoms with Crippen molar-refractivity contribution < 1.29 is 23.1 Å². The molecule has 3 rings (SSSR count). The molecule has 9 heteroatoms.